The Morgan fingerprint density at radius 3 is 2.04 bits per heavy atom. The van der Waals surface area contributed by atoms with E-state index in [-0.39, 0.29) is 30.1 Å². The molecule has 0 aromatic heterocycles. The highest BCUT2D eigenvalue weighted by Crippen LogP contribution is 2.37. The number of benzene rings is 1. The molecule has 0 bridgehead atoms. The third kappa shape index (κ3) is 3.36. The van der Waals surface area contributed by atoms with Crippen molar-refractivity contribution in [3.63, 3.8) is 0 Å². The zero-order chi connectivity index (χ0) is 19.1. The van der Waals surface area contributed by atoms with Crippen molar-refractivity contribution in [1.29, 1.82) is 0 Å². The van der Waals surface area contributed by atoms with Crippen molar-refractivity contribution in [1.82, 2.24) is 4.90 Å². The zero-order valence-corrected chi connectivity index (χ0v) is 16.2. The third-order valence-electron chi connectivity index (χ3n) is 5.52. The second-order valence-electron chi connectivity index (χ2n) is 8.05. The number of imide groups is 1. The Balaban J connectivity index is 1.55. The smallest absolute Gasteiger partial charge is 0.400 e. The molecule has 3 rings (SSSR count). The van der Waals surface area contributed by atoms with Gasteiger partial charge < -0.3 is 9.31 Å². The summed E-state index contributed by atoms with van der Waals surface area (Å²) in [6, 6.07) is 6.98. The van der Waals surface area contributed by atoms with Crippen LogP contribution in [0.2, 0.25) is 0 Å². The van der Waals surface area contributed by atoms with Gasteiger partial charge in [0.1, 0.15) is 0 Å². The summed E-state index contributed by atoms with van der Waals surface area (Å²) in [6.07, 6.45) is 1.49. The maximum Gasteiger partial charge on any atom is 0.487 e. The average molecular weight is 355 g/mol. The number of fused-ring (bicyclic) bond motifs is 1. The lowest BCUT2D eigenvalue weighted by Gasteiger charge is -2.32. The molecule has 0 unspecified atom stereocenters. The van der Waals surface area contributed by atoms with E-state index in [1.165, 1.54) is 4.90 Å². The molecule has 138 valence electrons. The van der Waals surface area contributed by atoms with Crippen LogP contribution >= 0.6 is 0 Å². The molecule has 0 N–H and O–H groups in total. The Hall–Kier alpha value is -1.92. The predicted octanol–water partition coefficient (Wildman–Crippen LogP) is 3.64. The first-order chi connectivity index (χ1) is 12.1. The minimum atomic E-state index is -0.362. The van der Waals surface area contributed by atoms with Crippen LogP contribution in [0.4, 0.5) is 0 Å². The van der Waals surface area contributed by atoms with E-state index in [9.17, 15) is 9.59 Å². The Morgan fingerprint density at radius 2 is 1.54 bits per heavy atom. The summed E-state index contributed by atoms with van der Waals surface area (Å²) >= 11 is 0. The van der Waals surface area contributed by atoms with Crippen LogP contribution in [0.25, 0.3) is 0 Å². The van der Waals surface area contributed by atoms with Gasteiger partial charge in [0.25, 0.3) is 11.8 Å². The van der Waals surface area contributed by atoms with Gasteiger partial charge >= 0.3 is 7.12 Å². The minimum absolute atomic E-state index is 0.196. The molecule has 0 aliphatic carbocycles. The van der Waals surface area contributed by atoms with Crippen LogP contribution in [0.5, 0.6) is 0 Å². The van der Waals surface area contributed by atoms with Gasteiger partial charge in [0.05, 0.1) is 22.3 Å². The maximum absolute atomic E-state index is 12.4. The largest absolute Gasteiger partial charge is 0.487 e. The molecule has 2 amide bonds. The Bertz CT molecular complexity index is 718. The highest BCUT2D eigenvalue weighted by molar-refractivity contribution is 6.51. The third-order valence-corrected chi connectivity index (χ3v) is 5.52. The van der Waals surface area contributed by atoms with Gasteiger partial charge in [0.15, 0.2) is 0 Å². The lowest BCUT2D eigenvalue weighted by Crippen LogP contribution is -2.41. The molecule has 1 aromatic rings. The van der Waals surface area contributed by atoms with Crippen LogP contribution in [0.15, 0.2) is 35.8 Å². The first-order valence-corrected chi connectivity index (χ1v) is 9.10. The van der Waals surface area contributed by atoms with Gasteiger partial charge in [-0.3, -0.25) is 14.5 Å². The van der Waals surface area contributed by atoms with Gasteiger partial charge in [-0.05, 0) is 59.6 Å². The van der Waals surface area contributed by atoms with Crippen molar-refractivity contribution in [2.24, 2.45) is 0 Å². The number of nitrogens with zero attached hydrogens (tertiary/aromatic N) is 1. The molecular formula is C20H26BNO4. The van der Waals surface area contributed by atoms with Crippen molar-refractivity contribution in [3.05, 3.63) is 46.9 Å². The van der Waals surface area contributed by atoms with E-state index in [2.05, 4.69) is 0 Å². The van der Waals surface area contributed by atoms with Gasteiger partial charge in [-0.25, -0.2) is 0 Å². The summed E-state index contributed by atoms with van der Waals surface area (Å²) in [5.74, 6) is 1.59. The lowest BCUT2D eigenvalue weighted by molar-refractivity contribution is 0.00578. The first-order valence-electron chi connectivity index (χ1n) is 9.10. The van der Waals surface area contributed by atoms with Crippen molar-refractivity contribution in [2.75, 3.05) is 6.54 Å². The molecule has 0 atom stereocenters. The molecule has 26 heavy (non-hydrogen) atoms. The second-order valence-corrected chi connectivity index (χ2v) is 8.05. The van der Waals surface area contributed by atoms with Crippen LogP contribution in [0.3, 0.4) is 0 Å². The van der Waals surface area contributed by atoms with Gasteiger partial charge in [0, 0.05) is 6.54 Å². The second kappa shape index (κ2) is 6.67. The normalized spacial score (nSPS) is 21.5. The minimum Gasteiger partial charge on any atom is -0.400 e. The SMILES string of the molecule is CC(=CB1OC(C)(C)C(C)(C)O1)CCCN1C(=O)c2ccccc2C1=O. The Labute approximate surface area is 155 Å². The predicted molar refractivity (Wildman–Crippen MR) is 101 cm³/mol. The number of carbonyl (C=O) groups excluding carboxylic acids is 2. The van der Waals surface area contributed by atoms with Crippen molar-refractivity contribution in [2.45, 2.75) is 58.7 Å². The number of carbonyl (C=O) groups is 2. The fraction of sp³-hybridized carbons (Fsp3) is 0.500. The van der Waals surface area contributed by atoms with Crippen molar-refractivity contribution < 1.29 is 18.9 Å². The highest BCUT2D eigenvalue weighted by atomic mass is 16.7. The van der Waals surface area contributed by atoms with E-state index in [0.29, 0.717) is 24.1 Å². The summed E-state index contributed by atoms with van der Waals surface area (Å²) in [5, 5.41) is 0. The van der Waals surface area contributed by atoms with Crippen LogP contribution < -0.4 is 0 Å². The number of hydrogen-bond donors (Lipinski definition) is 0. The van der Waals surface area contributed by atoms with Crippen LogP contribution in [0, 0.1) is 0 Å². The Morgan fingerprint density at radius 1 is 1.04 bits per heavy atom. The molecule has 0 spiro atoms. The molecule has 1 fully saturated rings. The van der Waals surface area contributed by atoms with E-state index < -0.39 is 0 Å². The number of hydrogen-bond acceptors (Lipinski definition) is 4. The standard InChI is InChI=1S/C20H26BNO4/c1-14(13-21-25-19(2,3)20(4,5)26-21)9-8-12-22-17(23)15-10-6-7-11-16(15)18(22)24/h6-7,10-11,13H,8-9,12H2,1-5H3. The maximum atomic E-state index is 12.4. The molecule has 2 aliphatic heterocycles. The molecule has 0 saturated carbocycles. The summed E-state index contributed by atoms with van der Waals surface area (Å²) in [7, 11) is -0.362. The first kappa shape index (κ1) is 18.9. The molecule has 2 aliphatic rings. The van der Waals surface area contributed by atoms with Gasteiger partial charge in [-0.15, -0.1) is 0 Å². The van der Waals surface area contributed by atoms with Gasteiger partial charge in [-0.2, -0.15) is 0 Å². The molecule has 1 saturated heterocycles. The highest BCUT2D eigenvalue weighted by Gasteiger charge is 2.50. The average Bonchev–Trinajstić information content (AvgIpc) is 2.91. The van der Waals surface area contributed by atoms with Crippen LogP contribution in [0.1, 0.15) is 68.2 Å². The van der Waals surface area contributed by atoms with Crippen LogP contribution in [-0.2, 0) is 9.31 Å². The lowest BCUT2D eigenvalue weighted by atomic mass is 9.86. The molecule has 6 heteroatoms. The fourth-order valence-corrected chi connectivity index (χ4v) is 3.23. The van der Waals surface area contributed by atoms with Crippen molar-refractivity contribution in [3.8, 4) is 0 Å². The van der Waals surface area contributed by atoms with Crippen LogP contribution in [-0.4, -0.2) is 41.6 Å². The van der Waals surface area contributed by atoms with E-state index >= 15 is 0 Å². The van der Waals surface area contributed by atoms with E-state index in [1.54, 1.807) is 24.3 Å². The zero-order valence-electron chi connectivity index (χ0n) is 16.2. The topological polar surface area (TPSA) is 55.8 Å². The molecule has 5 nitrogen and oxygen atoms in total. The fourth-order valence-electron chi connectivity index (χ4n) is 3.23. The summed E-state index contributed by atoms with van der Waals surface area (Å²) in [5.41, 5.74) is 1.42. The number of amides is 2. The van der Waals surface area contributed by atoms with Gasteiger partial charge in [0.2, 0.25) is 0 Å². The monoisotopic (exact) mass is 355 g/mol. The summed E-state index contributed by atoms with van der Waals surface area (Å²) in [4.78, 5) is 26.1. The van der Waals surface area contributed by atoms with Gasteiger partial charge in [-0.1, -0.05) is 23.7 Å². The molecule has 2 heterocycles. The summed E-state index contributed by atoms with van der Waals surface area (Å²) in [6.45, 7) is 10.5. The van der Waals surface area contributed by atoms with E-state index in [4.69, 9.17) is 9.31 Å². The number of rotatable bonds is 5. The quantitative estimate of drug-likeness (QED) is 0.598. The van der Waals surface area contributed by atoms with E-state index in [0.717, 1.165) is 12.0 Å². The summed E-state index contributed by atoms with van der Waals surface area (Å²) < 4.78 is 11.9. The number of allylic oxidation sites excluding steroid dienone is 1. The van der Waals surface area contributed by atoms with Crippen molar-refractivity contribution >= 4 is 18.9 Å². The molecular weight excluding hydrogens is 329 g/mol. The Kier molecular flexibility index (Phi) is 4.84. The molecule has 0 radical (unpaired) electrons. The molecule has 1 aromatic carbocycles. The van der Waals surface area contributed by atoms with E-state index in [1.807, 2.05) is 40.6 Å².